The van der Waals surface area contributed by atoms with E-state index in [0.717, 1.165) is 48.7 Å². The fraction of sp³-hybridized carbons (Fsp3) is 0.381. The molecule has 5 nitrogen and oxygen atoms in total. The van der Waals surface area contributed by atoms with Gasteiger partial charge in [-0.05, 0) is 44.0 Å². The number of carbonyl (C=O) groups excluding carboxylic acids is 1. The maximum absolute atomic E-state index is 12.5. The molecule has 5 heteroatoms. The number of hydrogen-bond acceptors (Lipinski definition) is 3. The number of aromatic hydroxyl groups is 1. The van der Waals surface area contributed by atoms with E-state index in [1.165, 1.54) is 10.5 Å². The Morgan fingerprint density at radius 1 is 1.12 bits per heavy atom. The number of benzene rings is 2. The van der Waals surface area contributed by atoms with Crippen molar-refractivity contribution in [2.24, 2.45) is 0 Å². The molecule has 0 atom stereocenters. The van der Waals surface area contributed by atoms with Gasteiger partial charge in [-0.3, -0.25) is 4.79 Å². The van der Waals surface area contributed by atoms with Crippen LogP contribution in [-0.2, 0) is 4.79 Å². The van der Waals surface area contributed by atoms with Gasteiger partial charge in [0.15, 0.2) is 6.54 Å². The Morgan fingerprint density at radius 3 is 2.35 bits per heavy atom. The van der Waals surface area contributed by atoms with E-state index in [1.54, 1.807) is 6.07 Å². The van der Waals surface area contributed by atoms with Crippen LogP contribution in [0.5, 0.6) is 5.75 Å². The van der Waals surface area contributed by atoms with Crippen molar-refractivity contribution in [2.75, 3.05) is 42.9 Å². The van der Waals surface area contributed by atoms with Gasteiger partial charge in [0.05, 0.1) is 31.9 Å². The molecule has 1 fully saturated rings. The maximum atomic E-state index is 12.5. The number of hydrogen-bond donors (Lipinski definition) is 3. The number of rotatable bonds is 4. The van der Waals surface area contributed by atoms with Crippen molar-refractivity contribution in [1.82, 2.24) is 0 Å². The first-order valence-electron chi connectivity index (χ1n) is 9.18. The van der Waals surface area contributed by atoms with E-state index < -0.39 is 0 Å². The molecular formula is C21H28N3O2+. The van der Waals surface area contributed by atoms with Gasteiger partial charge in [0.25, 0.3) is 5.91 Å². The van der Waals surface area contributed by atoms with Gasteiger partial charge in [0.1, 0.15) is 5.75 Å². The maximum Gasteiger partial charge on any atom is 0.279 e. The number of phenols is 1. The van der Waals surface area contributed by atoms with Crippen LogP contribution in [0.1, 0.15) is 16.7 Å². The van der Waals surface area contributed by atoms with E-state index in [-0.39, 0.29) is 5.91 Å². The molecule has 1 amide bonds. The lowest BCUT2D eigenvalue weighted by atomic mass is 10.1. The third-order valence-corrected chi connectivity index (χ3v) is 5.04. The molecule has 2 aromatic rings. The van der Waals surface area contributed by atoms with Crippen LogP contribution >= 0.6 is 0 Å². The molecule has 0 aliphatic carbocycles. The van der Waals surface area contributed by atoms with Gasteiger partial charge in [-0.1, -0.05) is 29.8 Å². The molecule has 26 heavy (non-hydrogen) atoms. The molecular weight excluding hydrogens is 326 g/mol. The number of aryl methyl sites for hydroxylation is 3. The summed E-state index contributed by atoms with van der Waals surface area (Å²) in [6.07, 6.45) is 0. The van der Waals surface area contributed by atoms with Gasteiger partial charge >= 0.3 is 0 Å². The zero-order valence-electron chi connectivity index (χ0n) is 15.8. The molecule has 0 aromatic heterocycles. The van der Waals surface area contributed by atoms with Crippen LogP contribution in [-0.4, -0.2) is 43.7 Å². The van der Waals surface area contributed by atoms with E-state index in [2.05, 4.69) is 29.3 Å². The lowest BCUT2D eigenvalue weighted by Gasteiger charge is -2.33. The molecule has 0 bridgehead atoms. The minimum absolute atomic E-state index is 0.0612. The number of piperazine rings is 1. The molecule has 3 rings (SSSR count). The SMILES string of the molecule is Cc1cc(C)c(NC(=O)C[NH+]2CCN(c3ccccc3O)CC2)c(C)c1. The molecule has 0 spiro atoms. The molecule has 1 saturated heterocycles. The normalized spacial score (nSPS) is 15.1. The Labute approximate surface area is 155 Å². The average Bonchev–Trinajstić information content (AvgIpc) is 2.59. The lowest BCUT2D eigenvalue weighted by molar-refractivity contribution is -0.892. The number of nitrogens with zero attached hydrogens (tertiary/aromatic N) is 1. The first-order valence-corrected chi connectivity index (χ1v) is 9.18. The molecule has 1 heterocycles. The molecule has 0 unspecified atom stereocenters. The highest BCUT2D eigenvalue weighted by Crippen LogP contribution is 2.26. The topological polar surface area (TPSA) is 57.0 Å². The monoisotopic (exact) mass is 354 g/mol. The summed E-state index contributed by atoms with van der Waals surface area (Å²) >= 11 is 0. The van der Waals surface area contributed by atoms with Gasteiger partial charge < -0.3 is 20.2 Å². The summed E-state index contributed by atoms with van der Waals surface area (Å²) < 4.78 is 0. The van der Waals surface area contributed by atoms with Crippen LogP contribution in [0, 0.1) is 20.8 Å². The van der Waals surface area contributed by atoms with Crippen LogP contribution in [0.2, 0.25) is 0 Å². The van der Waals surface area contributed by atoms with Crippen molar-refractivity contribution >= 4 is 17.3 Å². The van der Waals surface area contributed by atoms with Crippen molar-refractivity contribution < 1.29 is 14.8 Å². The molecule has 0 saturated carbocycles. The van der Waals surface area contributed by atoms with Crippen LogP contribution in [0.25, 0.3) is 0 Å². The minimum Gasteiger partial charge on any atom is -0.506 e. The standard InChI is InChI=1S/C21H27N3O2/c1-15-12-16(2)21(17(3)13-15)22-20(26)14-23-8-10-24(11-9-23)18-6-4-5-7-19(18)25/h4-7,12-13,25H,8-11,14H2,1-3H3,(H,22,26)/p+1. The van der Waals surface area contributed by atoms with Crippen LogP contribution < -0.4 is 15.1 Å². The number of phenolic OH excluding ortho intramolecular Hbond substituents is 1. The zero-order valence-corrected chi connectivity index (χ0v) is 15.8. The quantitative estimate of drug-likeness (QED) is 0.783. The number of quaternary nitrogens is 1. The molecule has 2 aromatic carbocycles. The van der Waals surface area contributed by atoms with E-state index >= 15 is 0 Å². The van der Waals surface area contributed by atoms with Crippen molar-refractivity contribution in [3.05, 3.63) is 53.1 Å². The summed E-state index contributed by atoms with van der Waals surface area (Å²) in [4.78, 5) is 16.0. The zero-order chi connectivity index (χ0) is 18.7. The third-order valence-electron chi connectivity index (χ3n) is 5.04. The summed E-state index contributed by atoms with van der Waals surface area (Å²) in [5, 5.41) is 13.1. The third kappa shape index (κ3) is 4.17. The fourth-order valence-corrected chi connectivity index (χ4v) is 3.76. The van der Waals surface area contributed by atoms with E-state index in [1.807, 2.05) is 32.0 Å². The van der Waals surface area contributed by atoms with Crippen molar-refractivity contribution in [3.63, 3.8) is 0 Å². The Kier molecular flexibility index (Phi) is 5.47. The molecule has 138 valence electrons. The highest BCUT2D eigenvalue weighted by molar-refractivity contribution is 5.93. The summed E-state index contributed by atoms with van der Waals surface area (Å²) in [5.74, 6) is 0.380. The molecule has 1 aliphatic heterocycles. The van der Waals surface area contributed by atoms with Crippen molar-refractivity contribution in [3.8, 4) is 5.75 Å². The highest BCUT2D eigenvalue weighted by atomic mass is 16.3. The average molecular weight is 354 g/mol. The number of anilines is 2. The molecule has 3 N–H and O–H groups in total. The van der Waals surface area contributed by atoms with Gasteiger partial charge in [0, 0.05) is 5.69 Å². The number of nitrogens with one attached hydrogen (secondary N) is 2. The van der Waals surface area contributed by atoms with Crippen LogP contribution in [0.3, 0.4) is 0 Å². The largest absolute Gasteiger partial charge is 0.506 e. The van der Waals surface area contributed by atoms with Gasteiger partial charge in [0.2, 0.25) is 0 Å². The van der Waals surface area contributed by atoms with Gasteiger partial charge in [-0.15, -0.1) is 0 Å². The first kappa shape index (κ1) is 18.3. The molecule has 0 radical (unpaired) electrons. The predicted octanol–water partition coefficient (Wildman–Crippen LogP) is 1.66. The van der Waals surface area contributed by atoms with Gasteiger partial charge in [-0.25, -0.2) is 0 Å². The highest BCUT2D eigenvalue weighted by Gasteiger charge is 2.24. The summed E-state index contributed by atoms with van der Waals surface area (Å²) in [6, 6.07) is 11.6. The van der Waals surface area contributed by atoms with E-state index in [0.29, 0.717) is 12.3 Å². The number of amides is 1. The Hall–Kier alpha value is -2.53. The first-order chi connectivity index (χ1) is 12.4. The van der Waals surface area contributed by atoms with E-state index in [4.69, 9.17) is 0 Å². The van der Waals surface area contributed by atoms with Gasteiger partial charge in [-0.2, -0.15) is 0 Å². The fourth-order valence-electron chi connectivity index (χ4n) is 3.76. The second kappa shape index (κ2) is 7.79. The summed E-state index contributed by atoms with van der Waals surface area (Å²) in [6.45, 7) is 10.1. The summed E-state index contributed by atoms with van der Waals surface area (Å²) in [7, 11) is 0. The number of para-hydroxylation sites is 2. The summed E-state index contributed by atoms with van der Waals surface area (Å²) in [5.41, 5.74) is 5.24. The minimum atomic E-state index is 0.0612. The van der Waals surface area contributed by atoms with Crippen molar-refractivity contribution in [1.29, 1.82) is 0 Å². The Bertz CT molecular complexity index is 773. The number of carbonyl (C=O) groups is 1. The second-order valence-corrected chi connectivity index (χ2v) is 7.22. The molecule has 1 aliphatic rings. The smallest absolute Gasteiger partial charge is 0.279 e. The second-order valence-electron chi connectivity index (χ2n) is 7.22. The van der Waals surface area contributed by atoms with E-state index in [9.17, 15) is 9.90 Å². The Morgan fingerprint density at radius 2 is 1.73 bits per heavy atom. The van der Waals surface area contributed by atoms with Crippen LogP contribution in [0.4, 0.5) is 11.4 Å². The lowest BCUT2D eigenvalue weighted by Crippen LogP contribution is -3.15. The Balaban J connectivity index is 1.55. The van der Waals surface area contributed by atoms with Crippen LogP contribution in [0.15, 0.2) is 36.4 Å². The predicted molar refractivity (Wildman–Crippen MR) is 105 cm³/mol. The van der Waals surface area contributed by atoms with Crippen molar-refractivity contribution in [2.45, 2.75) is 20.8 Å².